The van der Waals surface area contributed by atoms with Crippen LogP contribution in [0, 0.1) is 24.7 Å². The SMILES string of the molecule is COc1ccc(OCc2c(C(=O)NC34CC5CC(CC(C5)C3)C4)noc2C)cc1. The van der Waals surface area contributed by atoms with E-state index < -0.39 is 0 Å². The highest BCUT2D eigenvalue weighted by Crippen LogP contribution is 2.55. The molecule has 4 aliphatic rings. The van der Waals surface area contributed by atoms with Gasteiger partial charge in [-0.15, -0.1) is 0 Å². The quantitative estimate of drug-likeness (QED) is 0.789. The van der Waals surface area contributed by atoms with E-state index in [1.807, 2.05) is 31.2 Å². The van der Waals surface area contributed by atoms with Gasteiger partial charge in [-0.05, 0) is 87.5 Å². The zero-order chi connectivity index (χ0) is 20.0. The monoisotopic (exact) mass is 396 g/mol. The van der Waals surface area contributed by atoms with Crippen LogP contribution >= 0.6 is 0 Å². The Bertz CT molecular complexity index is 867. The lowest BCUT2D eigenvalue weighted by atomic mass is 9.53. The number of aryl methyl sites for hydroxylation is 1. The van der Waals surface area contributed by atoms with Crippen molar-refractivity contribution in [2.75, 3.05) is 7.11 Å². The van der Waals surface area contributed by atoms with Gasteiger partial charge in [0.2, 0.25) is 0 Å². The van der Waals surface area contributed by atoms with Crippen molar-refractivity contribution in [3.8, 4) is 11.5 Å². The predicted octanol–water partition coefficient (Wildman–Crippen LogP) is 4.27. The highest BCUT2D eigenvalue weighted by Gasteiger charge is 2.51. The Balaban J connectivity index is 1.29. The van der Waals surface area contributed by atoms with Crippen molar-refractivity contribution in [1.82, 2.24) is 10.5 Å². The Morgan fingerprint density at radius 2 is 1.69 bits per heavy atom. The Morgan fingerprint density at radius 3 is 2.28 bits per heavy atom. The van der Waals surface area contributed by atoms with E-state index in [-0.39, 0.29) is 18.1 Å². The van der Waals surface area contributed by atoms with Crippen molar-refractivity contribution in [3.63, 3.8) is 0 Å². The molecule has 0 unspecified atom stereocenters. The number of methoxy groups -OCH3 is 1. The first-order valence-corrected chi connectivity index (χ1v) is 10.6. The van der Waals surface area contributed by atoms with E-state index in [9.17, 15) is 4.79 Å². The summed E-state index contributed by atoms with van der Waals surface area (Å²) in [6.45, 7) is 2.06. The first-order valence-electron chi connectivity index (χ1n) is 10.6. The number of rotatable bonds is 6. The molecule has 4 fully saturated rings. The van der Waals surface area contributed by atoms with Crippen LogP contribution < -0.4 is 14.8 Å². The second-order valence-electron chi connectivity index (χ2n) is 9.18. The molecule has 4 saturated carbocycles. The average molecular weight is 396 g/mol. The van der Waals surface area contributed by atoms with Crippen molar-refractivity contribution in [2.45, 2.75) is 57.6 Å². The molecule has 6 rings (SSSR count). The van der Waals surface area contributed by atoms with E-state index in [0.29, 0.717) is 22.8 Å². The van der Waals surface area contributed by atoms with Crippen LogP contribution in [0.25, 0.3) is 0 Å². The average Bonchev–Trinajstić information content (AvgIpc) is 3.06. The van der Waals surface area contributed by atoms with E-state index in [1.54, 1.807) is 7.11 Å². The van der Waals surface area contributed by atoms with E-state index in [0.717, 1.165) is 42.8 Å². The summed E-state index contributed by atoms with van der Waals surface area (Å²) < 4.78 is 16.4. The van der Waals surface area contributed by atoms with E-state index in [2.05, 4.69) is 10.5 Å². The molecular formula is C23H28N2O4. The lowest BCUT2D eigenvalue weighted by molar-refractivity contribution is -0.0168. The van der Waals surface area contributed by atoms with Crippen LogP contribution in [0.1, 0.15) is 60.3 Å². The summed E-state index contributed by atoms with van der Waals surface area (Å²) >= 11 is 0. The number of hydrogen-bond acceptors (Lipinski definition) is 5. The van der Waals surface area contributed by atoms with Gasteiger partial charge in [-0.25, -0.2) is 0 Å². The van der Waals surface area contributed by atoms with Crippen LogP contribution in [0.3, 0.4) is 0 Å². The molecule has 6 heteroatoms. The zero-order valence-corrected chi connectivity index (χ0v) is 17.1. The molecule has 0 aliphatic heterocycles. The second kappa shape index (κ2) is 7.08. The summed E-state index contributed by atoms with van der Waals surface area (Å²) in [5, 5.41) is 7.44. The molecular weight excluding hydrogens is 368 g/mol. The maximum absolute atomic E-state index is 13.2. The topological polar surface area (TPSA) is 73.6 Å². The summed E-state index contributed by atoms with van der Waals surface area (Å²) in [4.78, 5) is 13.2. The summed E-state index contributed by atoms with van der Waals surface area (Å²) in [6, 6.07) is 7.38. The number of carbonyl (C=O) groups excluding carboxylic acids is 1. The van der Waals surface area contributed by atoms with Crippen LogP contribution in [0.4, 0.5) is 0 Å². The van der Waals surface area contributed by atoms with E-state index in [4.69, 9.17) is 14.0 Å². The molecule has 0 saturated heterocycles. The molecule has 1 amide bonds. The number of carbonyl (C=O) groups is 1. The van der Waals surface area contributed by atoms with Crippen molar-refractivity contribution in [2.24, 2.45) is 17.8 Å². The van der Waals surface area contributed by atoms with Crippen LogP contribution in [0.5, 0.6) is 11.5 Å². The lowest BCUT2D eigenvalue weighted by Gasteiger charge is -2.56. The molecule has 1 heterocycles. The smallest absolute Gasteiger partial charge is 0.274 e. The van der Waals surface area contributed by atoms with E-state index >= 15 is 0 Å². The second-order valence-corrected chi connectivity index (χ2v) is 9.18. The Morgan fingerprint density at radius 1 is 1.10 bits per heavy atom. The first kappa shape index (κ1) is 18.5. The number of benzene rings is 1. The fourth-order valence-electron chi connectivity index (χ4n) is 6.13. The van der Waals surface area contributed by atoms with Gasteiger partial charge < -0.3 is 19.3 Å². The fourth-order valence-corrected chi connectivity index (χ4v) is 6.13. The molecule has 4 aliphatic carbocycles. The predicted molar refractivity (Wildman–Crippen MR) is 107 cm³/mol. The minimum absolute atomic E-state index is 0.0488. The van der Waals surface area contributed by atoms with Gasteiger partial charge in [0.15, 0.2) is 5.69 Å². The number of aromatic nitrogens is 1. The molecule has 0 spiro atoms. The minimum Gasteiger partial charge on any atom is -0.497 e. The number of hydrogen-bond donors (Lipinski definition) is 1. The molecule has 0 radical (unpaired) electrons. The third kappa shape index (κ3) is 3.49. The van der Waals surface area contributed by atoms with Gasteiger partial charge in [0.05, 0.1) is 12.7 Å². The summed E-state index contributed by atoms with van der Waals surface area (Å²) in [5.41, 5.74) is 1.02. The van der Waals surface area contributed by atoms with Gasteiger partial charge in [-0.3, -0.25) is 4.79 Å². The number of amides is 1. The van der Waals surface area contributed by atoms with Gasteiger partial charge in [-0.2, -0.15) is 0 Å². The zero-order valence-electron chi connectivity index (χ0n) is 17.1. The van der Waals surface area contributed by atoms with Crippen LogP contribution in [-0.4, -0.2) is 23.7 Å². The molecule has 1 aromatic carbocycles. The van der Waals surface area contributed by atoms with Gasteiger partial charge >= 0.3 is 0 Å². The normalized spacial score (nSPS) is 29.7. The van der Waals surface area contributed by atoms with Gasteiger partial charge in [0.25, 0.3) is 5.91 Å². The molecule has 1 aromatic heterocycles. The van der Waals surface area contributed by atoms with Crippen LogP contribution in [-0.2, 0) is 6.61 Å². The third-order valence-electron chi connectivity index (χ3n) is 7.06. The Hall–Kier alpha value is -2.50. The summed E-state index contributed by atoms with van der Waals surface area (Å²) in [5.74, 6) is 4.30. The van der Waals surface area contributed by atoms with Crippen molar-refractivity contribution in [1.29, 1.82) is 0 Å². The maximum Gasteiger partial charge on any atom is 0.274 e. The highest BCUT2D eigenvalue weighted by molar-refractivity contribution is 5.94. The van der Waals surface area contributed by atoms with Gasteiger partial charge in [0, 0.05) is 5.54 Å². The summed E-state index contributed by atoms with van der Waals surface area (Å²) in [6.07, 6.45) is 7.37. The van der Waals surface area contributed by atoms with Crippen molar-refractivity contribution >= 4 is 5.91 Å². The van der Waals surface area contributed by atoms with Crippen LogP contribution in [0.15, 0.2) is 28.8 Å². The molecule has 6 nitrogen and oxygen atoms in total. The number of nitrogens with zero attached hydrogens (tertiary/aromatic N) is 1. The Labute approximate surface area is 170 Å². The molecule has 4 bridgehead atoms. The molecule has 0 atom stereocenters. The third-order valence-corrected chi connectivity index (χ3v) is 7.06. The minimum atomic E-state index is -0.128. The van der Waals surface area contributed by atoms with Gasteiger partial charge in [0.1, 0.15) is 23.9 Å². The molecule has 154 valence electrons. The first-order chi connectivity index (χ1) is 14.0. The van der Waals surface area contributed by atoms with Gasteiger partial charge in [-0.1, -0.05) is 5.16 Å². The largest absolute Gasteiger partial charge is 0.497 e. The van der Waals surface area contributed by atoms with Crippen LogP contribution in [0.2, 0.25) is 0 Å². The van der Waals surface area contributed by atoms with Crippen molar-refractivity contribution < 1.29 is 18.8 Å². The number of nitrogens with one attached hydrogen (secondary N) is 1. The molecule has 29 heavy (non-hydrogen) atoms. The lowest BCUT2D eigenvalue weighted by Crippen LogP contribution is -2.60. The highest BCUT2D eigenvalue weighted by atomic mass is 16.5. The maximum atomic E-state index is 13.2. The Kier molecular flexibility index (Phi) is 4.52. The van der Waals surface area contributed by atoms with Crippen molar-refractivity contribution in [3.05, 3.63) is 41.3 Å². The fraction of sp³-hybridized carbons (Fsp3) is 0.565. The molecule has 2 aromatic rings. The van der Waals surface area contributed by atoms with E-state index in [1.165, 1.54) is 19.3 Å². The standard InChI is InChI=1S/C23H28N2O4/c1-14-20(13-28-19-5-3-18(27-2)4-6-19)21(25-29-14)22(26)24-23-10-15-7-16(11-23)9-17(8-15)12-23/h3-6,15-17H,7-13H2,1-2H3,(H,24,26). The summed E-state index contributed by atoms with van der Waals surface area (Å²) in [7, 11) is 1.63. The number of ether oxygens (including phenoxy) is 2. The molecule has 1 N–H and O–H groups in total.